The van der Waals surface area contributed by atoms with Crippen molar-refractivity contribution in [1.82, 2.24) is 14.5 Å². The van der Waals surface area contributed by atoms with Gasteiger partial charge in [-0.15, -0.1) is 0 Å². The second kappa shape index (κ2) is 9.39. The number of methoxy groups -OCH3 is 1. The summed E-state index contributed by atoms with van der Waals surface area (Å²) >= 11 is 0. The smallest absolute Gasteiger partial charge is 0.243 e. The fourth-order valence-corrected chi connectivity index (χ4v) is 4.63. The molecule has 1 saturated heterocycles. The quantitative estimate of drug-likeness (QED) is 0.741. The Bertz CT molecular complexity index is 919. The Morgan fingerprint density at radius 3 is 2.21 bits per heavy atom. The van der Waals surface area contributed by atoms with E-state index < -0.39 is 10.0 Å². The summed E-state index contributed by atoms with van der Waals surface area (Å²) < 4.78 is 32.1. The third kappa shape index (κ3) is 5.35. The average Bonchev–Trinajstić information content (AvgIpc) is 2.74. The maximum Gasteiger partial charge on any atom is 0.243 e. The Morgan fingerprint density at radius 2 is 1.62 bits per heavy atom. The van der Waals surface area contributed by atoms with Crippen LogP contribution in [0.25, 0.3) is 0 Å². The number of sulfonamides is 1. The van der Waals surface area contributed by atoms with E-state index in [0.717, 1.165) is 16.9 Å². The van der Waals surface area contributed by atoms with Crippen molar-refractivity contribution in [2.75, 3.05) is 39.8 Å². The summed E-state index contributed by atoms with van der Waals surface area (Å²) in [5, 5.41) is 3.14. The van der Waals surface area contributed by atoms with Crippen LogP contribution in [0, 0.1) is 6.92 Å². The van der Waals surface area contributed by atoms with Crippen molar-refractivity contribution in [3.63, 3.8) is 0 Å². The fraction of sp³-hybridized carbons (Fsp3) is 0.381. The molecule has 2 aromatic rings. The van der Waals surface area contributed by atoms with Crippen LogP contribution in [0.15, 0.2) is 53.4 Å². The first-order valence-electron chi connectivity index (χ1n) is 9.58. The Morgan fingerprint density at radius 1 is 1.00 bits per heavy atom. The number of aryl methyl sites for hydroxylation is 1. The number of carbonyl (C=O) groups excluding carboxylic acids is 1. The molecule has 0 aromatic heterocycles. The van der Waals surface area contributed by atoms with Gasteiger partial charge in [-0.1, -0.05) is 29.8 Å². The van der Waals surface area contributed by atoms with E-state index in [1.165, 1.54) is 4.31 Å². The van der Waals surface area contributed by atoms with Gasteiger partial charge >= 0.3 is 0 Å². The highest BCUT2D eigenvalue weighted by Crippen LogP contribution is 2.18. The summed E-state index contributed by atoms with van der Waals surface area (Å²) in [4.78, 5) is 14.4. The van der Waals surface area contributed by atoms with Gasteiger partial charge in [0.1, 0.15) is 5.75 Å². The molecule has 1 fully saturated rings. The van der Waals surface area contributed by atoms with Crippen molar-refractivity contribution in [1.29, 1.82) is 0 Å². The first-order chi connectivity index (χ1) is 13.9. The Kier molecular flexibility index (Phi) is 6.89. The minimum absolute atomic E-state index is 0.0223. The van der Waals surface area contributed by atoms with E-state index in [0.29, 0.717) is 37.6 Å². The largest absolute Gasteiger partial charge is 0.497 e. The molecule has 0 unspecified atom stereocenters. The lowest BCUT2D eigenvalue weighted by molar-refractivity contribution is -0.131. The van der Waals surface area contributed by atoms with Gasteiger partial charge < -0.3 is 15.0 Å². The molecular formula is C21H27N3O4S. The molecule has 3 rings (SSSR count). The molecule has 1 aliphatic rings. The van der Waals surface area contributed by atoms with E-state index in [1.807, 2.05) is 31.2 Å². The van der Waals surface area contributed by atoms with Crippen LogP contribution >= 0.6 is 0 Å². The number of carbonyl (C=O) groups is 1. The van der Waals surface area contributed by atoms with Crippen molar-refractivity contribution >= 4 is 15.9 Å². The van der Waals surface area contributed by atoms with Crippen molar-refractivity contribution < 1.29 is 17.9 Å². The number of hydrogen-bond acceptors (Lipinski definition) is 5. The second-order valence-electron chi connectivity index (χ2n) is 7.05. The molecule has 1 N–H and O–H groups in total. The molecule has 1 heterocycles. The van der Waals surface area contributed by atoms with Gasteiger partial charge in [-0.3, -0.25) is 4.79 Å². The highest BCUT2D eigenvalue weighted by molar-refractivity contribution is 7.89. The van der Waals surface area contributed by atoms with Crippen LogP contribution in [0.1, 0.15) is 11.1 Å². The van der Waals surface area contributed by atoms with Gasteiger partial charge in [-0.2, -0.15) is 4.31 Å². The predicted molar refractivity (Wildman–Crippen MR) is 111 cm³/mol. The van der Waals surface area contributed by atoms with Crippen molar-refractivity contribution in [2.45, 2.75) is 18.4 Å². The molecular weight excluding hydrogens is 390 g/mol. The lowest BCUT2D eigenvalue weighted by atomic mass is 10.2. The third-order valence-corrected chi connectivity index (χ3v) is 6.93. The number of hydrogen-bond donors (Lipinski definition) is 1. The molecule has 1 aliphatic heterocycles. The van der Waals surface area contributed by atoms with Gasteiger partial charge in [0.2, 0.25) is 15.9 Å². The maximum absolute atomic E-state index is 12.8. The van der Waals surface area contributed by atoms with Gasteiger partial charge in [0.05, 0.1) is 18.6 Å². The SMILES string of the molecule is COc1ccc(CNCC(=O)N2CCN(S(=O)(=O)c3ccc(C)cc3)CC2)cc1. The minimum Gasteiger partial charge on any atom is -0.497 e. The summed E-state index contributed by atoms with van der Waals surface area (Å²) in [5.74, 6) is 0.772. The molecule has 156 valence electrons. The number of nitrogens with one attached hydrogen (secondary N) is 1. The zero-order valence-electron chi connectivity index (χ0n) is 16.8. The Hall–Kier alpha value is -2.42. The van der Waals surface area contributed by atoms with Crippen LogP contribution in [-0.2, 0) is 21.4 Å². The number of ether oxygens (including phenoxy) is 1. The second-order valence-corrected chi connectivity index (χ2v) is 8.99. The van der Waals surface area contributed by atoms with Gasteiger partial charge in [0.15, 0.2) is 0 Å². The fourth-order valence-electron chi connectivity index (χ4n) is 3.21. The van der Waals surface area contributed by atoms with Crippen molar-refractivity contribution in [3.8, 4) is 5.75 Å². The maximum atomic E-state index is 12.8. The molecule has 2 aromatic carbocycles. The van der Waals surface area contributed by atoms with Gasteiger partial charge in [-0.05, 0) is 36.8 Å². The lowest BCUT2D eigenvalue weighted by Gasteiger charge is -2.34. The van der Waals surface area contributed by atoms with Gasteiger partial charge in [-0.25, -0.2) is 8.42 Å². The molecule has 0 aliphatic carbocycles. The number of amides is 1. The standard InChI is InChI=1S/C21H27N3O4S/c1-17-3-9-20(10-4-17)29(26,27)24-13-11-23(12-14-24)21(25)16-22-15-18-5-7-19(28-2)8-6-18/h3-10,22H,11-16H2,1-2H3. The first-order valence-corrected chi connectivity index (χ1v) is 11.0. The number of rotatable bonds is 7. The topological polar surface area (TPSA) is 79.0 Å². The Labute approximate surface area is 172 Å². The van der Waals surface area contributed by atoms with Gasteiger partial charge in [0, 0.05) is 32.7 Å². The van der Waals surface area contributed by atoms with Gasteiger partial charge in [0.25, 0.3) is 0 Å². The predicted octanol–water partition coefficient (Wildman–Crippen LogP) is 1.63. The summed E-state index contributed by atoms with van der Waals surface area (Å²) in [6.45, 7) is 4.13. The molecule has 0 atom stereocenters. The molecule has 0 bridgehead atoms. The molecule has 8 heteroatoms. The van der Waals surface area contributed by atoms with E-state index in [2.05, 4.69) is 5.32 Å². The third-order valence-electron chi connectivity index (χ3n) is 5.01. The molecule has 7 nitrogen and oxygen atoms in total. The van der Waals surface area contributed by atoms with E-state index in [-0.39, 0.29) is 12.5 Å². The van der Waals surface area contributed by atoms with Crippen LogP contribution in [0.3, 0.4) is 0 Å². The molecule has 29 heavy (non-hydrogen) atoms. The number of nitrogens with zero attached hydrogens (tertiary/aromatic N) is 2. The van der Waals surface area contributed by atoms with Crippen LogP contribution in [0.4, 0.5) is 0 Å². The van der Waals surface area contributed by atoms with Crippen molar-refractivity contribution in [2.24, 2.45) is 0 Å². The van der Waals surface area contributed by atoms with Crippen LogP contribution in [0.5, 0.6) is 5.75 Å². The zero-order chi connectivity index (χ0) is 20.9. The summed E-state index contributed by atoms with van der Waals surface area (Å²) in [7, 11) is -1.89. The van der Waals surface area contributed by atoms with Crippen LogP contribution in [-0.4, -0.2) is 63.4 Å². The molecule has 1 amide bonds. The number of benzene rings is 2. The van der Waals surface area contributed by atoms with E-state index in [4.69, 9.17) is 4.74 Å². The summed E-state index contributed by atoms with van der Waals surface area (Å²) in [6, 6.07) is 14.5. The van der Waals surface area contributed by atoms with Crippen LogP contribution < -0.4 is 10.1 Å². The minimum atomic E-state index is -3.52. The van der Waals surface area contributed by atoms with E-state index in [1.54, 1.807) is 36.3 Å². The summed E-state index contributed by atoms with van der Waals surface area (Å²) in [5.41, 5.74) is 2.08. The van der Waals surface area contributed by atoms with E-state index >= 15 is 0 Å². The lowest BCUT2D eigenvalue weighted by Crippen LogP contribution is -2.52. The molecule has 0 radical (unpaired) electrons. The van der Waals surface area contributed by atoms with Crippen LogP contribution in [0.2, 0.25) is 0 Å². The van der Waals surface area contributed by atoms with Crippen molar-refractivity contribution in [3.05, 3.63) is 59.7 Å². The molecule has 0 saturated carbocycles. The average molecular weight is 418 g/mol. The monoisotopic (exact) mass is 417 g/mol. The summed E-state index contributed by atoms with van der Waals surface area (Å²) in [6.07, 6.45) is 0. The molecule has 0 spiro atoms. The first kappa shape index (κ1) is 21.3. The van der Waals surface area contributed by atoms with E-state index in [9.17, 15) is 13.2 Å². The highest BCUT2D eigenvalue weighted by Gasteiger charge is 2.29. The zero-order valence-corrected chi connectivity index (χ0v) is 17.6. The highest BCUT2D eigenvalue weighted by atomic mass is 32.2. The Balaban J connectivity index is 1.47. The normalized spacial score (nSPS) is 15.3. The number of piperazine rings is 1.